The first-order chi connectivity index (χ1) is 8.78. The van der Waals surface area contributed by atoms with Crippen LogP contribution in [0.25, 0.3) is 11.0 Å². The molecule has 2 N–H and O–H groups in total. The fraction of sp³-hybridized carbons (Fsp3) is 0.250. The van der Waals surface area contributed by atoms with Gasteiger partial charge in [-0.3, -0.25) is 4.98 Å². The van der Waals surface area contributed by atoms with Gasteiger partial charge in [0, 0.05) is 12.6 Å². The number of aromatic nitrogens is 4. The minimum absolute atomic E-state index is 0.439. The first kappa shape index (κ1) is 10.8. The number of rotatable bonds is 3. The average molecular weight is 243 g/mol. The van der Waals surface area contributed by atoms with Crippen molar-refractivity contribution in [1.29, 1.82) is 0 Å². The number of hydrogen-bond acceptors (Lipinski definition) is 5. The second-order valence-electron chi connectivity index (χ2n) is 3.99. The first-order valence-corrected chi connectivity index (χ1v) is 5.77. The Morgan fingerprint density at radius 3 is 3.06 bits per heavy atom. The summed E-state index contributed by atoms with van der Waals surface area (Å²) in [5.41, 5.74) is 7.60. The van der Waals surface area contributed by atoms with Crippen molar-refractivity contribution < 1.29 is 4.42 Å². The summed E-state index contributed by atoms with van der Waals surface area (Å²) in [6, 6.07) is 1.88. The molecule has 6 nitrogen and oxygen atoms in total. The van der Waals surface area contributed by atoms with Crippen LogP contribution in [-0.2, 0) is 13.0 Å². The highest BCUT2D eigenvalue weighted by Crippen LogP contribution is 2.18. The summed E-state index contributed by atoms with van der Waals surface area (Å²) in [4.78, 5) is 12.5. The molecule has 0 aliphatic rings. The van der Waals surface area contributed by atoms with E-state index >= 15 is 0 Å². The Morgan fingerprint density at radius 2 is 2.28 bits per heavy atom. The van der Waals surface area contributed by atoms with E-state index in [0.29, 0.717) is 18.4 Å². The van der Waals surface area contributed by atoms with Crippen molar-refractivity contribution in [2.45, 2.75) is 19.9 Å². The van der Waals surface area contributed by atoms with Gasteiger partial charge in [0.1, 0.15) is 17.8 Å². The van der Waals surface area contributed by atoms with Crippen LogP contribution in [0.5, 0.6) is 0 Å². The predicted molar refractivity (Wildman–Crippen MR) is 66.9 cm³/mol. The second-order valence-corrected chi connectivity index (χ2v) is 3.99. The Balaban J connectivity index is 2.01. The van der Waals surface area contributed by atoms with Crippen LogP contribution in [0, 0.1) is 0 Å². The highest BCUT2D eigenvalue weighted by molar-refractivity contribution is 5.77. The van der Waals surface area contributed by atoms with Gasteiger partial charge in [0.2, 0.25) is 11.8 Å². The lowest BCUT2D eigenvalue weighted by Crippen LogP contribution is -2.04. The van der Waals surface area contributed by atoms with Crippen LogP contribution in [0.15, 0.2) is 29.1 Å². The third kappa shape index (κ3) is 1.71. The van der Waals surface area contributed by atoms with E-state index in [9.17, 15) is 0 Å². The summed E-state index contributed by atoms with van der Waals surface area (Å²) < 4.78 is 7.44. The van der Waals surface area contributed by atoms with Gasteiger partial charge in [0.25, 0.3) is 0 Å². The molecule has 3 rings (SSSR count). The minimum Gasteiger partial charge on any atom is -0.444 e. The number of pyridine rings is 1. The topological polar surface area (TPSA) is 82.8 Å². The average Bonchev–Trinajstić information content (AvgIpc) is 2.96. The van der Waals surface area contributed by atoms with Crippen LogP contribution in [0.3, 0.4) is 0 Å². The molecule has 3 aromatic heterocycles. The van der Waals surface area contributed by atoms with Crippen molar-refractivity contribution in [3.8, 4) is 0 Å². The number of oxazole rings is 1. The van der Waals surface area contributed by atoms with Crippen LogP contribution < -0.4 is 5.73 Å². The molecule has 0 amide bonds. The van der Waals surface area contributed by atoms with Crippen LogP contribution in [-0.4, -0.2) is 19.5 Å². The Morgan fingerprint density at radius 1 is 1.39 bits per heavy atom. The lowest BCUT2D eigenvalue weighted by atomic mass is 10.4. The van der Waals surface area contributed by atoms with Gasteiger partial charge in [0.05, 0.1) is 17.9 Å². The predicted octanol–water partition coefficient (Wildman–Crippen LogP) is 1.61. The summed E-state index contributed by atoms with van der Waals surface area (Å²) in [7, 11) is 0. The number of aryl methyl sites for hydroxylation is 1. The summed E-state index contributed by atoms with van der Waals surface area (Å²) >= 11 is 0. The van der Waals surface area contributed by atoms with Gasteiger partial charge >= 0.3 is 0 Å². The fourth-order valence-corrected chi connectivity index (χ4v) is 1.89. The summed E-state index contributed by atoms with van der Waals surface area (Å²) in [6.45, 7) is 2.50. The molecular formula is C12H13N5O. The molecule has 18 heavy (non-hydrogen) atoms. The Bertz CT molecular complexity index is 685. The molecule has 6 heteroatoms. The standard InChI is InChI=1S/C12H13N5O/c1-2-8-5-15-11(18-8)7-17-10-3-4-14-6-9(10)16-12(17)13/h3-6H,2,7H2,1H3,(H2,13,16). The molecule has 3 aromatic rings. The van der Waals surface area contributed by atoms with Crippen LogP contribution >= 0.6 is 0 Å². The lowest BCUT2D eigenvalue weighted by molar-refractivity contribution is 0.449. The number of anilines is 1. The van der Waals surface area contributed by atoms with Gasteiger partial charge in [0.15, 0.2) is 0 Å². The molecule has 0 aliphatic carbocycles. The molecule has 92 valence electrons. The molecule has 0 unspecified atom stereocenters. The van der Waals surface area contributed by atoms with E-state index in [4.69, 9.17) is 10.2 Å². The van der Waals surface area contributed by atoms with Gasteiger partial charge < -0.3 is 14.7 Å². The maximum Gasteiger partial charge on any atom is 0.214 e. The van der Waals surface area contributed by atoms with E-state index in [1.54, 1.807) is 18.6 Å². The summed E-state index contributed by atoms with van der Waals surface area (Å²) in [6.07, 6.45) is 5.98. The molecule has 0 atom stereocenters. The molecule has 0 saturated heterocycles. The fourth-order valence-electron chi connectivity index (χ4n) is 1.89. The zero-order valence-electron chi connectivity index (χ0n) is 10.00. The van der Waals surface area contributed by atoms with Crippen LogP contribution in [0.2, 0.25) is 0 Å². The zero-order valence-corrected chi connectivity index (χ0v) is 10.00. The molecule has 0 aromatic carbocycles. The molecule has 3 heterocycles. The highest BCUT2D eigenvalue weighted by Gasteiger charge is 2.11. The molecule has 0 aliphatic heterocycles. The smallest absolute Gasteiger partial charge is 0.214 e. The number of fused-ring (bicyclic) bond motifs is 1. The number of nitrogens with zero attached hydrogens (tertiary/aromatic N) is 4. The molecule has 0 bridgehead atoms. The Labute approximate surface area is 103 Å². The van der Waals surface area contributed by atoms with Gasteiger partial charge in [-0.25, -0.2) is 9.97 Å². The molecule has 0 spiro atoms. The van der Waals surface area contributed by atoms with Crippen molar-refractivity contribution in [2.24, 2.45) is 0 Å². The maximum atomic E-state index is 5.90. The molecule has 0 saturated carbocycles. The lowest BCUT2D eigenvalue weighted by Gasteiger charge is -2.02. The largest absolute Gasteiger partial charge is 0.444 e. The number of nitrogens with two attached hydrogens (primary N) is 1. The van der Waals surface area contributed by atoms with E-state index in [-0.39, 0.29) is 0 Å². The van der Waals surface area contributed by atoms with E-state index in [1.165, 1.54) is 0 Å². The van der Waals surface area contributed by atoms with E-state index < -0.39 is 0 Å². The van der Waals surface area contributed by atoms with Crippen molar-refractivity contribution >= 4 is 17.0 Å². The third-order valence-electron chi connectivity index (χ3n) is 2.82. The van der Waals surface area contributed by atoms with Gasteiger partial charge in [-0.2, -0.15) is 0 Å². The molecular weight excluding hydrogens is 230 g/mol. The maximum absolute atomic E-state index is 5.90. The highest BCUT2D eigenvalue weighted by atomic mass is 16.4. The quantitative estimate of drug-likeness (QED) is 0.755. The van der Waals surface area contributed by atoms with Crippen molar-refractivity contribution in [3.63, 3.8) is 0 Å². The molecule has 0 radical (unpaired) electrons. The SMILES string of the molecule is CCc1cnc(Cn2c(N)nc3cnccc32)o1. The van der Waals surface area contributed by atoms with Crippen LogP contribution in [0.4, 0.5) is 5.95 Å². The van der Waals surface area contributed by atoms with Gasteiger partial charge in [-0.05, 0) is 6.07 Å². The van der Waals surface area contributed by atoms with Crippen molar-refractivity contribution in [3.05, 3.63) is 36.3 Å². The van der Waals surface area contributed by atoms with E-state index in [1.807, 2.05) is 17.6 Å². The van der Waals surface area contributed by atoms with Crippen LogP contribution in [0.1, 0.15) is 18.6 Å². The number of imidazole rings is 1. The molecule has 0 fully saturated rings. The third-order valence-corrected chi connectivity index (χ3v) is 2.82. The first-order valence-electron chi connectivity index (χ1n) is 5.77. The summed E-state index contributed by atoms with van der Waals surface area (Å²) in [5, 5.41) is 0. The monoisotopic (exact) mass is 243 g/mol. The van der Waals surface area contributed by atoms with Crippen molar-refractivity contribution in [1.82, 2.24) is 19.5 Å². The van der Waals surface area contributed by atoms with Crippen molar-refractivity contribution in [2.75, 3.05) is 5.73 Å². The minimum atomic E-state index is 0.439. The number of nitrogen functional groups attached to an aromatic ring is 1. The van der Waals surface area contributed by atoms with Gasteiger partial charge in [-0.1, -0.05) is 6.92 Å². The van der Waals surface area contributed by atoms with E-state index in [0.717, 1.165) is 23.2 Å². The zero-order chi connectivity index (χ0) is 12.5. The Hall–Kier alpha value is -2.37. The Kier molecular flexibility index (Phi) is 2.47. The summed E-state index contributed by atoms with van der Waals surface area (Å²) in [5.74, 6) is 1.94. The number of hydrogen-bond donors (Lipinski definition) is 1. The van der Waals surface area contributed by atoms with E-state index in [2.05, 4.69) is 15.0 Å². The second kappa shape index (κ2) is 4.14. The van der Waals surface area contributed by atoms with Gasteiger partial charge in [-0.15, -0.1) is 0 Å². The normalized spacial score (nSPS) is 11.2.